The third kappa shape index (κ3) is 4.05. The number of amides is 2. The third-order valence-electron chi connectivity index (χ3n) is 4.95. The van der Waals surface area contributed by atoms with Gasteiger partial charge in [-0.15, -0.1) is 0 Å². The Balaban J connectivity index is 2.15. The number of aromatic hydroxyl groups is 1. The van der Waals surface area contributed by atoms with Gasteiger partial charge in [0.25, 0.3) is 0 Å². The van der Waals surface area contributed by atoms with Gasteiger partial charge in [-0.1, -0.05) is 36.4 Å². The van der Waals surface area contributed by atoms with Gasteiger partial charge in [0.05, 0.1) is 12.4 Å². The van der Waals surface area contributed by atoms with Crippen molar-refractivity contribution in [1.29, 1.82) is 0 Å². The second-order valence-electron chi connectivity index (χ2n) is 6.83. The first-order chi connectivity index (χ1) is 14.0. The van der Waals surface area contributed by atoms with Crippen LogP contribution in [0, 0.1) is 0 Å². The number of nitrogens with zero attached hydrogens (tertiary/aromatic N) is 1. The fourth-order valence-corrected chi connectivity index (χ4v) is 3.51. The van der Waals surface area contributed by atoms with E-state index < -0.39 is 11.8 Å². The van der Waals surface area contributed by atoms with Gasteiger partial charge in [-0.05, 0) is 24.7 Å². The average molecular weight is 393 g/mol. The molecule has 0 aliphatic heterocycles. The van der Waals surface area contributed by atoms with Gasteiger partial charge >= 0.3 is 0 Å². The van der Waals surface area contributed by atoms with E-state index in [0.717, 1.165) is 10.5 Å². The highest BCUT2D eigenvalue weighted by atomic mass is 16.3. The number of fused-ring (bicyclic) bond motifs is 1. The van der Waals surface area contributed by atoms with Crippen molar-refractivity contribution in [2.24, 2.45) is 0 Å². The van der Waals surface area contributed by atoms with Crippen LogP contribution in [0.15, 0.2) is 54.1 Å². The van der Waals surface area contributed by atoms with Crippen LogP contribution in [0.5, 0.6) is 5.75 Å². The maximum absolute atomic E-state index is 13.3. The van der Waals surface area contributed by atoms with Crippen molar-refractivity contribution in [3.05, 3.63) is 70.8 Å². The van der Waals surface area contributed by atoms with Gasteiger partial charge in [0.1, 0.15) is 5.75 Å². The average Bonchev–Trinajstić information content (AvgIpc) is 3.01. The number of benzene rings is 2. The summed E-state index contributed by atoms with van der Waals surface area (Å²) in [6, 6.07) is 13.8. The predicted octanol–water partition coefficient (Wildman–Crippen LogP) is 1.85. The van der Waals surface area contributed by atoms with E-state index >= 15 is 0 Å². The Bertz CT molecular complexity index is 984. The predicted molar refractivity (Wildman–Crippen MR) is 109 cm³/mol. The summed E-state index contributed by atoms with van der Waals surface area (Å²) in [4.78, 5) is 37.9. The van der Waals surface area contributed by atoms with E-state index in [1.54, 1.807) is 31.3 Å². The van der Waals surface area contributed by atoms with Gasteiger partial charge in [-0.25, -0.2) is 0 Å². The Morgan fingerprint density at radius 3 is 2.55 bits per heavy atom. The van der Waals surface area contributed by atoms with Gasteiger partial charge in [-0.2, -0.15) is 0 Å². The molecular formula is C22H23N3O4. The minimum Gasteiger partial charge on any atom is -0.508 e. The quantitative estimate of drug-likeness (QED) is 0.468. The summed E-state index contributed by atoms with van der Waals surface area (Å²) in [6.45, 7) is 0.426. The number of carbonyl (C=O) groups is 3. The zero-order valence-corrected chi connectivity index (χ0v) is 16.3. The Kier molecular flexibility index (Phi) is 6.09. The lowest BCUT2D eigenvalue weighted by Gasteiger charge is -2.22. The molecule has 0 aromatic heterocycles. The molecule has 1 aliphatic rings. The van der Waals surface area contributed by atoms with E-state index in [0.29, 0.717) is 35.5 Å². The smallest absolute Gasteiger partial charge is 0.229 e. The van der Waals surface area contributed by atoms with Gasteiger partial charge < -0.3 is 15.7 Å². The van der Waals surface area contributed by atoms with Crippen LogP contribution in [-0.4, -0.2) is 48.9 Å². The third-order valence-corrected chi connectivity index (χ3v) is 4.95. The summed E-state index contributed by atoms with van der Waals surface area (Å²) < 4.78 is 0. The minimum atomic E-state index is -0.628. The molecule has 0 heterocycles. The molecule has 7 nitrogen and oxygen atoms in total. The van der Waals surface area contributed by atoms with E-state index in [1.807, 2.05) is 12.1 Å². The molecule has 1 atom stereocenters. The summed E-state index contributed by atoms with van der Waals surface area (Å²) in [5.74, 6) is -1.18. The minimum absolute atomic E-state index is 0.0389. The highest BCUT2D eigenvalue weighted by Crippen LogP contribution is 2.41. The fraction of sp³-hybridized carbons (Fsp3) is 0.227. The first-order valence-corrected chi connectivity index (χ1v) is 9.24. The molecule has 0 fully saturated rings. The van der Waals surface area contributed by atoms with Gasteiger partial charge in [0.2, 0.25) is 12.3 Å². The Morgan fingerprint density at radius 2 is 1.90 bits per heavy atom. The van der Waals surface area contributed by atoms with Crippen LogP contribution in [-0.2, 0) is 9.59 Å². The van der Waals surface area contributed by atoms with Crippen LogP contribution in [0.4, 0.5) is 0 Å². The molecule has 7 heteroatoms. The lowest BCUT2D eigenvalue weighted by atomic mass is 9.85. The molecule has 0 radical (unpaired) electrons. The van der Waals surface area contributed by atoms with E-state index in [2.05, 4.69) is 10.6 Å². The number of hydrogen-bond donors (Lipinski definition) is 3. The maximum Gasteiger partial charge on any atom is 0.229 e. The number of ketones is 1. The van der Waals surface area contributed by atoms with Crippen molar-refractivity contribution < 1.29 is 19.5 Å². The second kappa shape index (κ2) is 8.70. The summed E-state index contributed by atoms with van der Waals surface area (Å²) >= 11 is 0. The molecule has 0 saturated heterocycles. The second-order valence-corrected chi connectivity index (χ2v) is 6.83. The molecule has 29 heavy (non-hydrogen) atoms. The molecule has 3 N–H and O–H groups in total. The van der Waals surface area contributed by atoms with E-state index in [-0.39, 0.29) is 18.0 Å². The summed E-state index contributed by atoms with van der Waals surface area (Å²) in [6.07, 6.45) is 0.361. The van der Waals surface area contributed by atoms with E-state index in [4.69, 9.17) is 0 Å². The normalized spacial score (nSPS) is 13.8. The molecule has 2 aromatic rings. The van der Waals surface area contributed by atoms with Crippen LogP contribution in [0.3, 0.4) is 0 Å². The molecule has 1 aliphatic carbocycles. The van der Waals surface area contributed by atoms with E-state index in [1.165, 1.54) is 19.2 Å². The standard InChI is InChI=1S/C22H23N3O4/c1-23-12-24-21-16-8-3-4-9-17(16)22(29)20(21)18(11-19(28)25(2)13-26)14-6-5-7-15(27)10-14/h3-10,13,18,23-24,27H,11-12H2,1-2H3. The molecule has 3 rings (SSSR count). The van der Waals surface area contributed by atoms with Crippen molar-refractivity contribution in [3.63, 3.8) is 0 Å². The van der Waals surface area contributed by atoms with Crippen LogP contribution in [0.2, 0.25) is 0 Å². The highest BCUT2D eigenvalue weighted by Gasteiger charge is 2.36. The number of allylic oxidation sites excluding steroid dienone is 1. The number of nitrogens with one attached hydrogen (secondary N) is 2. The molecule has 2 aromatic carbocycles. The number of phenols is 1. The van der Waals surface area contributed by atoms with Gasteiger partial charge in [0.15, 0.2) is 5.78 Å². The summed E-state index contributed by atoms with van der Waals surface area (Å²) in [5.41, 5.74) is 3.04. The molecular weight excluding hydrogens is 370 g/mol. The molecule has 1 unspecified atom stereocenters. The topological polar surface area (TPSA) is 98.7 Å². The van der Waals surface area contributed by atoms with Crippen LogP contribution >= 0.6 is 0 Å². The largest absolute Gasteiger partial charge is 0.508 e. The number of imide groups is 1. The first-order valence-electron chi connectivity index (χ1n) is 9.24. The maximum atomic E-state index is 13.3. The first kappa shape index (κ1) is 20.3. The summed E-state index contributed by atoms with van der Waals surface area (Å²) in [5, 5.41) is 16.2. The van der Waals surface area contributed by atoms with Crippen molar-refractivity contribution in [2.45, 2.75) is 12.3 Å². The zero-order chi connectivity index (χ0) is 21.0. The van der Waals surface area contributed by atoms with Crippen molar-refractivity contribution in [1.82, 2.24) is 15.5 Å². The van der Waals surface area contributed by atoms with Gasteiger partial charge in [-0.3, -0.25) is 19.3 Å². The monoisotopic (exact) mass is 393 g/mol. The SMILES string of the molecule is CNCNC1=C(C(CC(=O)N(C)C=O)c2cccc(O)c2)C(=O)c2ccccc21. The van der Waals surface area contributed by atoms with Gasteiger partial charge in [0, 0.05) is 36.1 Å². The Labute approximate surface area is 169 Å². The van der Waals surface area contributed by atoms with Crippen LogP contribution < -0.4 is 10.6 Å². The summed E-state index contributed by atoms with van der Waals surface area (Å²) in [7, 11) is 3.17. The molecule has 2 amide bonds. The lowest BCUT2D eigenvalue weighted by Crippen LogP contribution is -2.29. The Hall–Kier alpha value is -3.45. The van der Waals surface area contributed by atoms with Crippen LogP contribution in [0.1, 0.15) is 33.8 Å². The molecule has 0 spiro atoms. The number of hydrogen-bond acceptors (Lipinski definition) is 6. The number of Topliss-reactive ketones (excluding diaryl/α,β-unsaturated/α-hetero) is 1. The molecule has 0 bridgehead atoms. The molecule has 150 valence electrons. The number of phenolic OH excluding ortho intramolecular Hbond substituents is 1. The zero-order valence-electron chi connectivity index (χ0n) is 16.3. The van der Waals surface area contributed by atoms with Crippen molar-refractivity contribution in [2.75, 3.05) is 20.8 Å². The number of rotatable bonds is 8. The molecule has 0 saturated carbocycles. The highest BCUT2D eigenvalue weighted by molar-refractivity contribution is 6.21. The Morgan fingerprint density at radius 1 is 1.17 bits per heavy atom. The van der Waals surface area contributed by atoms with Crippen molar-refractivity contribution >= 4 is 23.8 Å². The van der Waals surface area contributed by atoms with E-state index in [9.17, 15) is 19.5 Å². The number of carbonyl (C=O) groups excluding carboxylic acids is 3. The lowest BCUT2D eigenvalue weighted by molar-refractivity contribution is -0.136. The fourth-order valence-electron chi connectivity index (χ4n) is 3.51. The van der Waals surface area contributed by atoms with Crippen LogP contribution in [0.25, 0.3) is 5.70 Å². The van der Waals surface area contributed by atoms with Crippen molar-refractivity contribution in [3.8, 4) is 5.75 Å².